The van der Waals surface area contributed by atoms with E-state index >= 15 is 0 Å². The number of aromatic nitrogens is 1. The van der Waals surface area contributed by atoms with Gasteiger partial charge in [0.25, 0.3) is 11.8 Å². The van der Waals surface area contributed by atoms with Gasteiger partial charge in [-0.15, -0.1) is 11.3 Å². The number of nitrogens with zero attached hydrogens (tertiary/aromatic N) is 3. The van der Waals surface area contributed by atoms with Crippen molar-refractivity contribution >= 4 is 39.1 Å². The first-order valence-corrected chi connectivity index (χ1v) is 10.8. The zero-order chi connectivity index (χ0) is 19.8. The van der Waals surface area contributed by atoms with Crippen molar-refractivity contribution in [2.24, 2.45) is 0 Å². The SMILES string of the molecule is O=C([C@H]1CN(C(=O)c2ccc3ncsc3c2)c2ccccc2O1)N1CCCCC1. The second-order valence-corrected chi connectivity index (χ2v) is 8.30. The van der Waals surface area contributed by atoms with Crippen molar-refractivity contribution in [3.63, 3.8) is 0 Å². The molecule has 0 saturated carbocycles. The molecule has 29 heavy (non-hydrogen) atoms. The Morgan fingerprint density at radius 1 is 1.07 bits per heavy atom. The smallest absolute Gasteiger partial charge is 0.265 e. The van der Waals surface area contributed by atoms with Crippen LogP contribution < -0.4 is 9.64 Å². The molecule has 148 valence electrons. The molecule has 2 aliphatic rings. The number of carbonyl (C=O) groups is 2. The molecule has 3 heterocycles. The number of ether oxygens (including phenoxy) is 1. The van der Waals surface area contributed by atoms with Gasteiger partial charge >= 0.3 is 0 Å². The van der Waals surface area contributed by atoms with Crippen molar-refractivity contribution in [3.8, 4) is 5.75 Å². The van der Waals surface area contributed by atoms with Crippen LogP contribution in [-0.4, -0.2) is 47.4 Å². The van der Waals surface area contributed by atoms with Crippen LogP contribution in [0.15, 0.2) is 48.0 Å². The summed E-state index contributed by atoms with van der Waals surface area (Å²) in [6.07, 6.45) is 2.51. The van der Waals surface area contributed by atoms with Crippen LogP contribution in [0.3, 0.4) is 0 Å². The van der Waals surface area contributed by atoms with Crippen LogP contribution in [0, 0.1) is 0 Å². The number of hydrogen-bond acceptors (Lipinski definition) is 5. The minimum atomic E-state index is -0.681. The summed E-state index contributed by atoms with van der Waals surface area (Å²) in [4.78, 5) is 34.3. The summed E-state index contributed by atoms with van der Waals surface area (Å²) in [7, 11) is 0. The van der Waals surface area contributed by atoms with E-state index in [2.05, 4.69) is 4.98 Å². The van der Waals surface area contributed by atoms with Gasteiger partial charge in [-0.3, -0.25) is 9.59 Å². The predicted octanol–water partition coefficient (Wildman–Crippen LogP) is 3.72. The highest BCUT2D eigenvalue weighted by Gasteiger charge is 2.36. The fourth-order valence-electron chi connectivity index (χ4n) is 4.02. The molecule has 2 aromatic carbocycles. The minimum Gasteiger partial charge on any atom is -0.476 e. The number of fused-ring (bicyclic) bond motifs is 2. The number of thiazole rings is 1. The number of benzene rings is 2. The Kier molecular flexibility index (Phi) is 4.67. The maximum atomic E-state index is 13.4. The maximum Gasteiger partial charge on any atom is 0.265 e. The third kappa shape index (κ3) is 3.35. The van der Waals surface area contributed by atoms with Crippen LogP contribution in [0.5, 0.6) is 5.75 Å². The fourth-order valence-corrected chi connectivity index (χ4v) is 4.73. The lowest BCUT2D eigenvalue weighted by atomic mass is 10.1. The third-order valence-corrected chi connectivity index (χ3v) is 6.33. The first kappa shape index (κ1) is 18.1. The highest BCUT2D eigenvalue weighted by atomic mass is 32.1. The Labute approximate surface area is 172 Å². The number of hydrogen-bond donors (Lipinski definition) is 0. The molecular weight excluding hydrogens is 386 g/mol. The lowest BCUT2D eigenvalue weighted by Crippen LogP contribution is -2.52. The van der Waals surface area contributed by atoms with Gasteiger partial charge < -0.3 is 14.5 Å². The number of para-hydroxylation sites is 2. The summed E-state index contributed by atoms with van der Waals surface area (Å²) < 4.78 is 7.00. The van der Waals surface area contributed by atoms with Gasteiger partial charge in [0.2, 0.25) is 0 Å². The minimum absolute atomic E-state index is 0.0325. The summed E-state index contributed by atoms with van der Waals surface area (Å²) in [5.74, 6) is 0.406. The Morgan fingerprint density at radius 2 is 1.90 bits per heavy atom. The van der Waals surface area contributed by atoms with Crippen LogP contribution in [0.25, 0.3) is 10.2 Å². The number of amides is 2. The second kappa shape index (κ2) is 7.48. The fraction of sp³-hybridized carbons (Fsp3) is 0.318. The summed E-state index contributed by atoms with van der Waals surface area (Å²) >= 11 is 1.51. The zero-order valence-electron chi connectivity index (χ0n) is 15.9. The van der Waals surface area contributed by atoms with Gasteiger partial charge in [0.15, 0.2) is 6.10 Å². The standard InChI is InChI=1S/C22H21N3O3S/c26-21(15-8-9-16-20(12-15)29-14-23-16)25-13-19(22(27)24-10-4-1-5-11-24)28-18-7-3-2-6-17(18)25/h2-3,6-9,12,14,19H,1,4-5,10-11,13H2/t19-/m1/s1. The Hall–Kier alpha value is -2.93. The topological polar surface area (TPSA) is 62.7 Å². The molecule has 0 aliphatic carbocycles. The van der Waals surface area contributed by atoms with Crippen LogP contribution in [0.2, 0.25) is 0 Å². The summed E-state index contributed by atoms with van der Waals surface area (Å²) in [5, 5.41) is 0. The number of piperidine rings is 1. The van der Waals surface area contributed by atoms with Crippen molar-refractivity contribution in [2.45, 2.75) is 25.4 Å². The Bertz CT molecular complexity index is 1070. The van der Waals surface area contributed by atoms with Crippen molar-refractivity contribution in [3.05, 3.63) is 53.5 Å². The molecule has 3 aromatic rings. The van der Waals surface area contributed by atoms with E-state index in [1.165, 1.54) is 11.3 Å². The highest BCUT2D eigenvalue weighted by Crippen LogP contribution is 2.35. The summed E-state index contributed by atoms with van der Waals surface area (Å²) in [6.45, 7) is 1.73. The molecule has 0 unspecified atom stereocenters. The molecule has 1 aromatic heterocycles. The van der Waals surface area contributed by atoms with E-state index in [1.54, 1.807) is 16.5 Å². The first-order valence-electron chi connectivity index (χ1n) is 9.90. The second-order valence-electron chi connectivity index (χ2n) is 7.41. The number of rotatable bonds is 2. The quantitative estimate of drug-likeness (QED) is 0.650. The molecule has 6 nitrogen and oxygen atoms in total. The van der Waals surface area contributed by atoms with Gasteiger partial charge in [-0.25, -0.2) is 4.98 Å². The van der Waals surface area contributed by atoms with Crippen LogP contribution in [-0.2, 0) is 4.79 Å². The van der Waals surface area contributed by atoms with E-state index in [9.17, 15) is 9.59 Å². The van der Waals surface area contributed by atoms with E-state index < -0.39 is 6.10 Å². The lowest BCUT2D eigenvalue weighted by molar-refractivity contribution is -0.139. The van der Waals surface area contributed by atoms with Crippen LogP contribution in [0.4, 0.5) is 5.69 Å². The number of anilines is 1. The van der Waals surface area contributed by atoms with Crippen molar-refractivity contribution in [2.75, 3.05) is 24.5 Å². The Balaban J connectivity index is 1.47. The molecule has 0 radical (unpaired) electrons. The number of likely N-dealkylation sites (tertiary alicyclic amines) is 1. The van der Waals surface area contributed by atoms with Crippen molar-refractivity contribution < 1.29 is 14.3 Å². The van der Waals surface area contributed by atoms with Crippen molar-refractivity contribution in [1.82, 2.24) is 9.88 Å². The van der Waals surface area contributed by atoms with Crippen LogP contribution in [0.1, 0.15) is 29.6 Å². The van der Waals surface area contributed by atoms with Gasteiger partial charge in [0.05, 0.1) is 28.0 Å². The normalized spacial score (nSPS) is 19.0. The molecule has 1 fully saturated rings. The average Bonchev–Trinajstić information content (AvgIpc) is 3.26. The van der Waals surface area contributed by atoms with E-state index in [1.807, 2.05) is 41.3 Å². The van der Waals surface area contributed by atoms with Gasteiger partial charge in [0, 0.05) is 18.7 Å². The monoisotopic (exact) mass is 407 g/mol. The molecular formula is C22H21N3O3S. The molecule has 2 amide bonds. The predicted molar refractivity (Wildman–Crippen MR) is 113 cm³/mol. The molecule has 5 rings (SSSR count). The molecule has 1 atom stereocenters. The summed E-state index contributed by atoms with van der Waals surface area (Å²) in [5.41, 5.74) is 3.94. The molecule has 0 N–H and O–H groups in total. The largest absolute Gasteiger partial charge is 0.476 e. The summed E-state index contributed by atoms with van der Waals surface area (Å²) in [6, 6.07) is 12.9. The third-order valence-electron chi connectivity index (χ3n) is 5.54. The van der Waals surface area contributed by atoms with E-state index in [0.717, 1.165) is 42.6 Å². The zero-order valence-corrected chi connectivity index (χ0v) is 16.7. The molecule has 7 heteroatoms. The molecule has 1 saturated heterocycles. The molecule has 0 spiro atoms. The maximum absolute atomic E-state index is 13.4. The lowest BCUT2D eigenvalue weighted by Gasteiger charge is -2.37. The van der Waals surface area contributed by atoms with E-state index in [4.69, 9.17) is 4.74 Å². The van der Waals surface area contributed by atoms with Crippen molar-refractivity contribution in [1.29, 1.82) is 0 Å². The van der Waals surface area contributed by atoms with Crippen LogP contribution >= 0.6 is 11.3 Å². The van der Waals surface area contributed by atoms with E-state index in [0.29, 0.717) is 17.0 Å². The average molecular weight is 407 g/mol. The first-order chi connectivity index (χ1) is 14.2. The van der Waals surface area contributed by atoms with Gasteiger partial charge in [0.1, 0.15) is 5.75 Å². The highest BCUT2D eigenvalue weighted by molar-refractivity contribution is 7.16. The number of carbonyl (C=O) groups excluding carboxylic acids is 2. The Morgan fingerprint density at radius 3 is 2.76 bits per heavy atom. The van der Waals surface area contributed by atoms with E-state index in [-0.39, 0.29) is 18.4 Å². The van der Waals surface area contributed by atoms with Gasteiger partial charge in [-0.2, -0.15) is 0 Å². The molecule has 0 bridgehead atoms. The van der Waals surface area contributed by atoms with Gasteiger partial charge in [-0.05, 0) is 49.6 Å². The molecule has 2 aliphatic heterocycles. The van der Waals surface area contributed by atoms with Gasteiger partial charge in [-0.1, -0.05) is 12.1 Å².